The Morgan fingerprint density at radius 2 is 1.75 bits per heavy atom. The zero-order valence-corrected chi connectivity index (χ0v) is 19.5. The van der Waals surface area contributed by atoms with Gasteiger partial charge >= 0.3 is 17.9 Å². The van der Waals surface area contributed by atoms with Crippen LogP contribution in [-0.2, 0) is 33.3 Å². The van der Waals surface area contributed by atoms with Crippen LogP contribution in [0.3, 0.4) is 0 Å². The average Bonchev–Trinajstić information content (AvgIpc) is 3.27. The molecule has 32 heavy (non-hydrogen) atoms. The molecule has 176 valence electrons. The van der Waals surface area contributed by atoms with Crippen LogP contribution >= 0.6 is 0 Å². The minimum Gasteiger partial charge on any atom is -0.462 e. The van der Waals surface area contributed by atoms with E-state index in [1.807, 2.05) is 20.8 Å². The number of carbonyl (C=O) groups is 3. The highest BCUT2D eigenvalue weighted by molar-refractivity contribution is 5.92. The summed E-state index contributed by atoms with van der Waals surface area (Å²) in [6.07, 6.45) is 2.08. The molecular weight excluding hydrogens is 416 g/mol. The predicted octanol–water partition coefficient (Wildman–Crippen LogP) is 2.73. The van der Waals surface area contributed by atoms with Crippen LogP contribution in [0.1, 0.15) is 67.2 Å². The van der Waals surface area contributed by atoms with E-state index in [0.717, 1.165) is 5.57 Å². The molecule has 8 nitrogen and oxygen atoms in total. The van der Waals surface area contributed by atoms with Gasteiger partial charge in [-0.1, -0.05) is 12.5 Å². The molecule has 7 atom stereocenters. The van der Waals surface area contributed by atoms with E-state index in [2.05, 4.69) is 0 Å². The van der Waals surface area contributed by atoms with Gasteiger partial charge in [0.1, 0.15) is 12.2 Å². The fraction of sp³-hybridized carbons (Fsp3) is 0.708. The van der Waals surface area contributed by atoms with E-state index < -0.39 is 46.9 Å². The maximum absolute atomic E-state index is 12.4. The molecule has 1 N–H and O–H groups in total. The Balaban J connectivity index is 1.89. The smallest absolute Gasteiger partial charge is 0.336 e. The topological polar surface area (TPSA) is 112 Å². The summed E-state index contributed by atoms with van der Waals surface area (Å²) in [6, 6.07) is 0. The minimum atomic E-state index is -1.82. The molecule has 0 spiro atoms. The summed E-state index contributed by atoms with van der Waals surface area (Å²) in [5, 5.41) is 11.3. The molecule has 0 amide bonds. The Kier molecular flexibility index (Phi) is 5.33. The lowest BCUT2D eigenvalue weighted by molar-refractivity contribution is -0.190. The zero-order valence-electron chi connectivity index (χ0n) is 19.5. The van der Waals surface area contributed by atoms with E-state index in [9.17, 15) is 19.5 Å². The maximum atomic E-state index is 12.4. The van der Waals surface area contributed by atoms with Crippen molar-refractivity contribution in [2.24, 2.45) is 11.3 Å². The van der Waals surface area contributed by atoms with Crippen molar-refractivity contribution >= 4 is 17.9 Å². The standard InChI is InChI=1S/C24H32O8/c1-12-7-8-18(29-14(3)25)22(5)17(9-16-13(2)21(27)32-24(16,28)11-12)23(6)20(31-23)10-19(22)30-15(4)26/h11,17-20,28H,7-10H2,1-6H3. The summed E-state index contributed by atoms with van der Waals surface area (Å²) in [7, 11) is 0. The van der Waals surface area contributed by atoms with Gasteiger partial charge in [0.25, 0.3) is 5.79 Å². The second kappa shape index (κ2) is 7.42. The van der Waals surface area contributed by atoms with Crippen LogP contribution in [0, 0.1) is 11.3 Å². The second-order valence-electron chi connectivity index (χ2n) is 10.1. The van der Waals surface area contributed by atoms with Gasteiger partial charge in [0.2, 0.25) is 0 Å². The molecule has 8 heteroatoms. The van der Waals surface area contributed by atoms with Crippen LogP contribution in [0.15, 0.2) is 22.8 Å². The number of hydrogen-bond donors (Lipinski definition) is 1. The summed E-state index contributed by atoms with van der Waals surface area (Å²) in [5.74, 6) is -3.52. The fourth-order valence-electron chi connectivity index (χ4n) is 6.13. The van der Waals surface area contributed by atoms with Gasteiger partial charge in [-0.25, -0.2) is 4.79 Å². The molecule has 2 fully saturated rings. The first-order chi connectivity index (χ1) is 14.8. The normalized spacial score (nSPS) is 43.2. The lowest BCUT2D eigenvalue weighted by Crippen LogP contribution is -2.59. The number of hydrogen-bond acceptors (Lipinski definition) is 8. The average molecular weight is 449 g/mol. The van der Waals surface area contributed by atoms with Crippen molar-refractivity contribution in [2.45, 2.75) is 96.9 Å². The highest BCUT2D eigenvalue weighted by atomic mass is 16.7. The van der Waals surface area contributed by atoms with Gasteiger partial charge in [0, 0.05) is 42.7 Å². The molecule has 2 aliphatic carbocycles. The first-order valence-corrected chi connectivity index (χ1v) is 11.2. The number of rotatable bonds is 2. The summed E-state index contributed by atoms with van der Waals surface area (Å²) >= 11 is 0. The summed E-state index contributed by atoms with van der Waals surface area (Å²) in [5.41, 5.74) is 0.260. The van der Waals surface area contributed by atoms with Crippen LogP contribution < -0.4 is 0 Å². The number of fused-ring (bicyclic) bond motifs is 4. The van der Waals surface area contributed by atoms with Crippen molar-refractivity contribution in [3.8, 4) is 0 Å². The molecule has 4 rings (SSSR count). The highest BCUT2D eigenvalue weighted by Gasteiger charge is 2.72. The number of esters is 3. The van der Waals surface area contributed by atoms with E-state index >= 15 is 0 Å². The van der Waals surface area contributed by atoms with E-state index in [-0.39, 0.29) is 18.4 Å². The Bertz CT molecular complexity index is 934. The van der Waals surface area contributed by atoms with Crippen LogP contribution in [0.5, 0.6) is 0 Å². The molecule has 4 aliphatic rings. The summed E-state index contributed by atoms with van der Waals surface area (Å²) < 4.78 is 23.2. The van der Waals surface area contributed by atoms with E-state index in [1.54, 1.807) is 13.0 Å². The third kappa shape index (κ3) is 3.48. The quantitative estimate of drug-likeness (QED) is 0.297. The first-order valence-electron chi connectivity index (χ1n) is 11.2. The number of ether oxygens (including phenoxy) is 4. The monoisotopic (exact) mass is 448 g/mol. The lowest BCUT2D eigenvalue weighted by Gasteiger charge is -2.51. The third-order valence-corrected chi connectivity index (χ3v) is 7.94. The van der Waals surface area contributed by atoms with Crippen molar-refractivity contribution < 1.29 is 38.4 Å². The summed E-state index contributed by atoms with van der Waals surface area (Å²) in [6.45, 7) is 10.2. The van der Waals surface area contributed by atoms with Gasteiger partial charge in [0.15, 0.2) is 0 Å². The molecule has 7 unspecified atom stereocenters. The molecule has 0 radical (unpaired) electrons. The van der Waals surface area contributed by atoms with Crippen LogP contribution in [0.4, 0.5) is 0 Å². The number of allylic oxidation sites excluding steroid dienone is 1. The molecule has 1 saturated heterocycles. The zero-order chi connectivity index (χ0) is 23.6. The van der Waals surface area contributed by atoms with Crippen molar-refractivity contribution in [3.63, 3.8) is 0 Å². The largest absolute Gasteiger partial charge is 0.462 e. The van der Waals surface area contributed by atoms with Crippen molar-refractivity contribution in [1.82, 2.24) is 0 Å². The first kappa shape index (κ1) is 23.0. The molecular formula is C24H32O8. The molecule has 0 aromatic rings. The molecule has 0 aromatic heterocycles. The predicted molar refractivity (Wildman–Crippen MR) is 112 cm³/mol. The van der Waals surface area contributed by atoms with Crippen LogP contribution in [0.2, 0.25) is 0 Å². The molecule has 2 aliphatic heterocycles. The van der Waals surface area contributed by atoms with Gasteiger partial charge in [-0.15, -0.1) is 0 Å². The molecule has 1 saturated carbocycles. The number of carbonyl (C=O) groups excluding carboxylic acids is 3. The van der Waals surface area contributed by atoms with Crippen molar-refractivity contribution in [2.75, 3.05) is 0 Å². The van der Waals surface area contributed by atoms with Gasteiger partial charge in [0.05, 0.1) is 11.7 Å². The lowest BCUT2D eigenvalue weighted by atomic mass is 9.55. The Labute approximate surface area is 187 Å². The van der Waals surface area contributed by atoms with Gasteiger partial charge in [-0.05, 0) is 46.1 Å². The number of aliphatic hydroxyl groups is 1. The number of epoxide rings is 1. The third-order valence-electron chi connectivity index (χ3n) is 7.94. The van der Waals surface area contributed by atoms with Crippen LogP contribution in [-0.4, -0.2) is 52.7 Å². The Morgan fingerprint density at radius 3 is 2.38 bits per heavy atom. The van der Waals surface area contributed by atoms with E-state index in [4.69, 9.17) is 18.9 Å². The Morgan fingerprint density at radius 1 is 1.12 bits per heavy atom. The Hall–Kier alpha value is -2.19. The van der Waals surface area contributed by atoms with Gasteiger partial charge < -0.3 is 24.1 Å². The van der Waals surface area contributed by atoms with Gasteiger partial charge in [-0.3, -0.25) is 9.59 Å². The molecule has 2 heterocycles. The van der Waals surface area contributed by atoms with E-state index in [0.29, 0.717) is 30.4 Å². The molecule has 0 bridgehead atoms. The van der Waals surface area contributed by atoms with E-state index in [1.165, 1.54) is 13.8 Å². The van der Waals surface area contributed by atoms with Crippen molar-refractivity contribution in [3.05, 3.63) is 22.8 Å². The SMILES string of the molecule is CC(=O)OC1CCC(C)=CC2(O)OC(=O)C(C)=C2CC2C3(C)OC3CC(OC(C)=O)C12C. The van der Waals surface area contributed by atoms with Crippen LogP contribution in [0.25, 0.3) is 0 Å². The van der Waals surface area contributed by atoms with Gasteiger partial charge in [-0.2, -0.15) is 0 Å². The summed E-state index contributed by atoms with van der Waals surface area (Å²) in [4.78, 5) is 36.6. The second-order valence-corrected chi connectivity index (χ2v) is 10.1. The molecule has 0 aromatic carbocycles. The van der Waals surface area contributed by atoms with Crippen molar-refractivity contribution in [1.29, 1.82) is 0 Å². The highest BCUT2D eigenvalue weighted by Crippen LogP contribution is 2.63. The minimum absolute atomic E-state index is 0.129. The maximum Gasteiger partial charge on any atom is 0.336 e. The fourth-order valence-corrected chi connectivity index (χ4v) is 6.13.